The van der Waals surface area contributed by atoms with Crippen LogP contribution in [0, 0.1) is 0 Å². The van der Waals surface area contributed by atoms with Crippen LogP contribution >= 0.6 is 0 Å². The molecule has 1 aliphatic heterocycles. The van der Waals surface area contributed by atoms with Gasteiger partial charge in [0.05, 0.1) is 0 Å². The molecule has 0 saturated carbocycles. The zero-order valence-electron chi connectivity index (χ0n) is 9.92. The quantitative estimate of drug-likeness (QED) is 0.451. The molecule has 2 heteroatoms. The number of hydrogen-bond acceptors (Lipinski definition) is 2. The Hall–Kier alpha value is -0.790. The van der Waals surface area contributed by atoms with Crippen LogP contribution in [0.2, 0.25) is 0 Å². The lowest BCUT2D eigenvalue weighted by molar-refractivity contribution is -0.148. The Labute approximate surface area is 92.7 Å². The number of esters is 1. The average Bonchev–Trinajstić information content (AvgIpc) is 2.14. The fourth-order valence-corrected chi connectivity index (χ4v) is 1.98. The Bertz CT molecular complexity index is 231. The first kappa shape index (κ1) is 12.3. The third-order valence-electron chi connectivity index (χ3n) is 2.77. The molecule has 0 radical (unpaired) electrons. The van der Waals surface area contributed by atoms with Crippen LogP contribution in [0.3, 0.4) is 0 Å². The number of ether oxygens (including phenoxy) is 1. The second kappa shape index (κ2) is 6.65. The number of cyclic esters (lactones) is 1. The van der Waals surface area contributed by atoms with Crippen LogP contribution in [0.4, 0.5) is 0 Å². The Kier molecular flexibility index (Phi) is 5.44. The highest BCUT2D eigenvalue weighted by atomic mass is 16.5. The lowest BCUT2D eigenvalue weighted by Crippen LogP contribution is -2.15. The summed E-state index contributed by atoms with van der Waals surface area (Å²) in [4.78, 5) is 11.4. The van der Waals surface area contributed by atoms with E-state index in [1.807, 2.05) is 6.92 Å². The number of rotatable bonds is 0. The molecule has 0 bridgehead atoms. The van der Waals surface area contributed by atoms with Gasteiger partial charge in [-0.25, -0.2) is 0 Å². The summed E-state index contributed by atoms with van der Waals surface area (Å²) in [6, 6.07) is 0. The van der Waals surface area contributed by atoms with E-state index in [1.165, 1.54) is 24.8 Å². The molecule has 1 aliphatic rings. The molecule has 0 saturated heterocycles. The van der Waals surface area contributed by atoms with Crippen molar-refractivity contribution in [2.24, 2.45) is 0 Å². The number of carbonyl (C=O) groups excluding carboxylic acids is 1. The van der Waals surface area contributed by atoms with Crippen molar-refractivity contribution in [3.63, 3.8) is 0 Å². The fraction of sp³-hybridized carbons (Fsp3) is 0.769. The SMILES string of the molecule is C/C1=C\CCCCCCC(=O)OC(C)C1. The number of hydrogen-bond donors (Lipinski definition) is 0. The lowest BCUT2D eigenvalue weighted by Gasteiger charge is -2.14. The van der Waals surface area contributed by atoms with Gasteiger partial charge in [0, 0.05) is 12.8 Å². The van der Waals surface area contributed by atoms with Gasteiger partial charge in [0.2, 0.25) is 0 Å². The molecule has 0 aromatic rings. The summed E-state index contributed by atoms with van der Waals surface area (Å²) < 4.78 is 5.31. The van der Waals surface area contributed by atoms with Gasteiger partial charge in [0.1, 0.15) is 6.10 Å². The van der Waals surface area contributed by atoms with Gasteiger partial charge >= 0.3 is 5.97 Å². The highest BCUT2D eigenvalue weighted by molar-refractivity contribution is 5.69. The molecule has 15 heavy (non-hydrogen) atoms. The summed E-state index contributed by atoms with van der Waals surface area (Å²) in [6.07, 6.45) is 9.57. The summed E-state index contributed by atoms with van der Waals surface area (Å²) >= 11 is 0. The molecule has 0 spiro atoms. The highest BCUT2D eigenvalue weighted by Gasteiger charge is 2.10. The van der Waals surface area contributed by atoms with E-state index in [4.69, 9.17) is 4.74 Å². The maximum atomic E-state index is 11.4. The van der Waals surface area contributed by atoms with E-state index in [2.05, 4.69) is 13.0 Å². The first-order valence-electron chi connectivity index (χ1n) is 6.03. The summed E-state index contributed by atoms with van der Waals surface area (Å²) in [5.41, 5.74) is 1.34. The zero-order chi connectivity index (χ0) is 11.1. The highest BCUT2D eigenvalue weighted by Crippen LogP contribution is 2.14. The van der Waals surface area contributed by atoms with Gasteiger partial charge in [0.25, 0.3) is 0 Å². The number of allylic oxidation sites excluding steroid dienone is 1. The molecule has 0 fully saturated rings. The van der Waals surface area contributed by atoms with Crippen LogP contribution in [0.15, 0.2) is 11.6 Å². The molecule has 1 unspecified atom stereocenters. The standard InChI is InChI=1S/C13H22O2/c1-11-8-6-4-3-5-7-9-13(14)15-12(2)10-11/h8,12H,3-7,9-10H2,1-2H3/b11-8+. The van der Waals surface area contributed by atoms with Crippen LogP contribution in [0.1, 0.15) is 58.8 Å². The third-order valence-corrected chi connectivity index (χ3v) is 2.77. The molecule has 1 heterocycles. The van der Waals surface area contributed by atoms with Crippen LogP contribution in [0.25, 0.3) is 0 Å². The van der Waals surface area contributed by atoms with Crippen molar-refractivity contribution in [3.8, 4) is 0 Å². The first-order valence-corrected chi connectivity index (χ1v) is 6.03. The van der Waals surface area contributed by atoms with Gasteiger partial charge in [-0.3, -0.25) is 4.79 Å². The first-order chi connectivity index (χ1) is 7.18. The van der Waals surface area contributed by atoms with Gasteiger partial charge in [-0.15, -0.1) is 0 Å². The van der Waals surface area contributed by atoms with E-state index in [-0.39, 0.29) is 12.1 Å². The van der Waals surface area contributed by atoms with Crippen molar-refractivity contribution in [3.05, 3.63) is 11.6 Å². The predicted molar refractivity (Wildman–Crippen MR) is 61.6 cm³/mol. The summed E-state index contributed by atoms with van der Waals surface area (Å²) in [5.74, 6) is -0.0316. The normalized spacial score (nSPS) is 29.3. The van der Waals surface area contributed by atoms with E-state index in [1.54, 1.807) is 0 Å². The smallest absolute Gasteiger partial charge is 0.306 e. The van der Waals surface area contributed by atoms with Gasteiger partial charge in [0.15, 0.2) is 0 Å². The molecule has 0 aromatic heterocycles. The molecule has 86 valence electrons. The van der Waals surface area contributed by atoms with Crippen LogP contribution in [-0.2, 0) is 9.53 Å². The topological polar surface area (TPSA) is 26.3 Å². The third kappa shape index (κ3) is 5.60. The minimum atomic E-state index is -0.0316. The molecule has 0 aliphatic carbocycles. The second-order valence-corrected chi connectivity index (χ2v) is 4.51. The van der Waals surface area contributed by atoms with Crippen molar-refractivity contribution in [1.29, 1.82) is 0 Å². The van der Waals surface area contributed by atoms with Gasteiger partial charge in [-0.05, 0) is 33.1 Å². The minimum absolute atomic E-state index is 0.0316. The summed E-state index contributed by atoms with van der Waals surface area (Å²) in [5, 5.41) is 0. The lowest BCUT2D eigenvalue weighted by atomic mass is 10.1. The average molecular weight is 210 g/mol. The summed E-state index contributed by atoms with van der Waals surface area (Å²) in [7, 11) is 0. The zero-order valence-corrected chi connectivity index (χ0v) is 9.92. The van der Waals surface area contributed by atoms with E-state index in [0.29, 0.717) is 6.42 Å². The Morgan fingerprint density at radius 1 is 1.27 bits per heavy atom. The minimum Gasteiger partial charge on any atom is -0.462 e. The van der Waals surface area contributed by atoms with Crippen LogP contribution in [-0.4, -0.2) is 12.1 Å². The van der Waals surface area contributed by atoms with E-state index in [0.717, 1.165) is 19.3 Å². The van der Waals surface area contributed by atoms with Gasteiger partial charge in [-0.2, -0.15) is 0 Å². The molecule has 0 N–H and O–H groups in total. The molecule has 0 aromatic carbocycles. The van der Waals surface area contributed by atoms with E-state index in [9.17, 15) is 4.79 Å². The monoisotopic (exact) mass is 210 g/mol. The Morgan fingerprint density at radius 2 is 2.00 bits per heavy atom. The molecule has 2 nitrogen and oxygen atoms in total. The van der Waals surface area contributed by atoms with Gasteiger partial charge < -0.3 is 4.74 Å². The van der Waals surface area contributed by atoms with Crippen molar-refractivity contribution >= 4 is 5.97 Å². The largest absolute Gasteiger partial charge is 0.462 e. The fourth-order valence-electron chi connectivity index (χ4n) is 1.98. The molecular formula is C13H22O2. The maximum Gasteiger partial charge on any atom is 0.306 e. The predicted octanol–water partition coefficient (Wildman–Crippen LogP) is 3.61. The molecule has 1 rings (SSSR count). The van der Waals surface area contributed by atoms with Gasteiger partial charge in [-0.1, -0.05) is 24.5 Å². The molecule has 0 amide bonds. The Balaban J connectivity index is 2.48. The maximum absolute atomic E-state index is 11.4. The molecular weight excluding hydrogens is 188 g/mol. The Morgan fingerprint density at radius 3 is 2.80 bits per heavy atom. The second-order valence-electron chi connectivity index (χ2n) is 4.51. The number of carbonyl (C=O) groups is 1. The van der Waals surface area contributed by atoms with Crippen molar-refractivity contribution in [2.75, 3.05) is 0 Å². The molecule has 1 atom stereocenters. The summed E-state index contributed by atoms with van der Waals surface area (Å²) in [6.45, 7) is 4.09. The van der Waals surface area contributed by atoms with Crippen LogP contribution < -0.4 is 0 Å². The van der Waals surface area contributed by atoms with Crippen molar-refractivity contribution in [2.45, 2.75) is 64.9 Å². The van der Waals surface area contributed by atoms with Crippen molar-refractivity contribution < 1.29 is 9.53 Å². The van der Waals surface area contributed by atoms with Crippen LogP contribution in [0.5, 0.6) is 0 Å². The van der Waals surface area contributed by atoms with E-state index >= 15 is 0 Å². The van der Waals surface area contributed by atoms with Crippen molar-refractivity contribution in [1.82, 2.24) is 0 Å². The van der Waals surface area contributed by atoms with E-state index < -0.39 is 0 Å².